The number of carbonyl (C=O) groups is 1. The van der Waals surface area contributed by atoms with Gasteiger partial charge in [0.05, 0.1) is 17.4 Å². The molecule has 110 valence electrons. The summed E-state index contributed by atoms with van der Waals surface area (Å²) in [4.78, 5) is 15.7. The molecule has 0 saturated heterocycles. The van der Waals surface area contributed by atoms with Gasteiger partial charge in [-0.3, -0.25) is 10.2 Å². The van der Waals surface area contributed by atoms with Crippen molar-refractivity contribution in [3.8, 4) is 12.1 Å². The number of thioether (sulfide) groups is 1. The van der Waals surface area contributed by atoms with Crippen molar-refractivity contribution in [3.63, 3.8) is 0 Å². The molecule has 1 atom stereocenters. The maximum absolute atomic E-state index is 11.8. The quantitative estimate of drug-likeness (QED) is 0.869. The number of hydrogen-bond acceptors (Lipinski definition) is 7. The molecule has 1 unspecified atom stereocenters. The molecule has 2 rings (SSSR count). The average molecular weight is 314 g/mol. The van der Waals surface area contributed by atoms with E-state index in [4.69, 9.17) is 20.5 Å². The molecular formula is C13H10N6O2S. The molecule has 22 heavy (non-hydrogen) atoms. The first kappa shape index (κ1) is 15.5. The predicted octanol–water partition coefficient (Wildman–Crippen LogP) is 1.63. The van der Waals surface area contributed by atoms with Gasteiger partial charge in [-0.05, 0) is 13.0 Å². The normalized spacial score (nSPS) is 17.0. The number of aryl methyl sites for hydroxylation is 1. The van der Waals surface area contributed by atoms with Crippen molar-refractivity contribution in [1.82, 2.24) is 5.16 Å². The third-order valence-corrected chi connectivity index (χ3v) is 3.57. The van der Waals surface area contributed by atoms with Crippen LogP contribution in [0.15, 0.2) is 27.2 Å². The van der Waals surface area contributed by atoms with Crippen molar-refractivity contribution in [2.75, 3.05) is 11.1 Å². The Kier molecular flexibility index (Phi) is 4.71. The largest absolute Gasteiger partial charge is 0.360 e. The summed E-state index contributed by atoms with van der Waals surface area (Å²) in [6.07, 6.45) is 1.37. The van der Waals surface area contributed by atoms with Gasteiger partial charge in [-0.25, -0.2) is 4.99 Å². The number of nitrogens with one attached hydrogen (secondary N) is 2. The van der Waals surface area contributed by atoms with Gasteiger partial charge >= 0.3 is 0 Å². The van der Waals surface area contributed by atoms with E-state index in [1.165, 1.54) is 6.08 Å². The molecule has 0 saturated carbocycles. The summed E-state index contributed by atoms with van der Waals surface area (Å²) in [7, 11) is 0. The minimum absolute atomic E-state index is 0.00569. The van der Waals surface area contributed by atoms with Crippen molar-refractivity contribution in [2.45, 2.75) is 6.92 Å². The van der Waals surface area contributed by atoms with Crippen LogP contribution >= 0.6 is 11.8 Å². The molecule has 0 fully saturated rings. The Hall–Kier alpha value is -2.91. The van der Waals surface area contributed by atoms with E-state index >= 15 is 0 Å². The summed E-state index contributed by atoms with van der Waals surface area (Å²) in [5.41, 5.74) is 0.192. The number of nitrogens with zero attached hydrogens (tertiary/aromatic N) is 4. The maximum Gasteiger partial charge on any atom is 0.236 e. The van der Waals surface area contributed by atoms with Crippen molar-refractivity contribution >= 4 is 34.4 Å². The van der Waals surface area contributed by atoms with Crippen LogP contribution in [0, 0.1) is 40.9 Å². The molecule has 1 aromatic heterocycles. The number of nitriles is 2. The number of amides is 1. The maximum atomic E-state index is 11.8. The molecular weight excluding hydrogens is 304 g/mol. The minimum Gasteiger partial charge on any atom is -0.360 e. The fraction of sp³-hybridized carbons (Fsp3) is 0.231. The minimum atomic E-state index is -0.828. The zero-order valence-electron chi connectivity index (χ0n) is 11.5. The highest BCUT2D eigenvalue weighted by molar-refractivity contribution is 8.15. The SMILES string of the molecule is Cc1cc(NC(=O)CSC2=NC(=N)C(C#N)C=C2C#N)no1. The smallest absolute Gasteiger partial charge is 0.236 e. The van der Waals surface area contributed by atoms with E-state index in [1.54, 1.807) is 13.0 Å². The highest BCUT2D eigenvalue weighted by atomic mass is 32.2. The molecule has 1 aliphatic rings. The summed E-state index contributed by atoms with van der Waals surface area (Å²) >= 11 is 1.02. The second kappa shape index (κ2) is 6.70. The lowest BCUT2D eigenvalue weighted by molar-refractivity contribution is -0.113. The van der Waals surface area contributed by atoms with Gasteiger partial charge in [0.25, 0.3) is 0 Å². The molecule has 1 amide bonds. The van der Waals surface area contributed by atoms with E-state index in [9.17, 15) is 4.79 Å². The van der Waals surface area contributed by atoms with Crippen molar-refractivity contribution in [1.29, 1.82) is 15.9 Å². The molecule has 0 aromatic carbocycles. The Balaban J connectivity index is 1.97. The van der Waals surface area contributed by atoms with Crippen LogP contribution in [-0.2, 0) is 4.79 Å². The first-order chi connectivity index (χ1) is 10.5. The number of hydrogen-bond donors (Lipinski definition) is 2. The highest BCUT2D eigenvalue weighted by Gasteiger charge is 2.22. The predicted molar refractivity (Wildman–Crippen MR) is 80.3 cm³/mol. The van der Waals surface area contributed by atoms with Crippen LogP contribution in [0.25, 0.3) is 0 Å². The monoisotopic (exact) mass is 314 g/mol. The number of dihydropyridines is 1. The number of aliphatic imine (C=N–C) groups is 1. The summed E-state index contributed by atoms with van der Waals surface area (Å²) in [6.45, 7) is 1.70. The molecule has 0 bridgehead atoms. The molecule has 0 spiro atoms. The van der Waals surface area contributed by atoms with Crippen LogP contribution < -0.4 is 5.32 Å². The van der Waals surface area contributed by atoms with Crippen LogP contribution in [0.2, 0.25) is 0 Å². The number of amidine groups is 1. The van der Waals surface area contributed by atoms with Crippen LogP contribution in [-0.4, -0.2) is 27.7 Å². The standard InChI is InChI=1S/C13H10N6O2S/c1-7-2-10(19-21-7)17-11(20)6-22-13-9(5-15)3-8(4-14)12(16)18-13/h2-3,8,16H,6H2,1H3,(H,17,19,20). The number of anilines is 1. The van der Waals surface area contributed by atoms with E-state index in [0.29, 0.717) is 11.6 Å². The Labute approximate surface area is 130 Å². The molecule has 2 N–H and O–H groups in total. The summed E-state index contributed by atoms with van der Waals surface area (Å²) < 4.78 is 4.83. The van der Waals surface area contributed by atoms with Gasteiger partial charge in [0, 0.05) is 6.07 Å². The second-order valence-corrected chi connectivity index (χ2v) is 5.22. The lowest BCUT2D eigenvalue weighted by Crippen LogP contribution is -2.20. The van der Waals surface area contributed by atoms with E-state index in [-0.39, 0.29) is 28.1 Å². The van der Waals surface area contributed by atoms with Crippen molar-refractivity contribution in [3.05, 3.63) is 23.5 Å². The molecule has 1 aliphatic heterocycles. The van der Waals surface area contributed by atoms with Crippen LogP contribution in [0.5, 0.6) is 0 Å². The second-order valence-electron chi connectivity index (χ2n) is 4.26. The lowest BCUT2D eigenvalue weighted by Gasteiger charge is -2.12. The van der Waals surface area contributed by atoms with Crippen LogP contribution in [0.3, 0.4) is 0 Å². The topological polar surface area (TPSA) is 139 Å². The van der Waals surface area contributed by atoms with Gasteiger partial charge in [-0.15, -0.1) is 0 Å². The highest BCUT2D eigenvalue weighted by Crippen LogP contribution is 2.21. The third kappa shape index (κ3) is 3.59. The van der Waals surface area contributed by atoms with Gasteiger partial charge in [0.15, 0.2) is 5.82 Å². The first-order valence-corrected chi connectivity index (χ1v) is 7.07. The molecule has 8 nitrogen and oxygen atoms in total. The molecule has 9 heteroatoms. The van der Waals surface area contributed by atoms with E-state index in [2.05, 4.69) is 15.5 Å². The molecule has 0 radical (unpaired) electrons. The van der Waals surface area contributed by atoms with Crippen LogP contribution in [0.1, 0.15) is 5.76 Å². The first-order valence-electron chi connectivity index (χ1n) is 6.08. The number of carbonyl (C=O) groups excluding carboxylic acids is 1. The van der Waals surface area contributed by atoms with Crippen molar-refractivity contribution in [2.24, 2.45) is 10.9 Å². The molecule has 2 heterocycles. The fourth-order valence-corrected chi connectivity index (χ4v) is 2.36. The average Bonchev–Trinajstić information content (AvgIpc) is 2.90. The number of rotatable bonds is 3. The van der Waals surface area contributed by atoms with Gasteiger partial charge < -0.3 is 9.84 Å². The number of aromatic nitrogens is 1. The van der Waals surface area contributed by atoms with E-state index < -0.39 is 5.92 Å². The molecule has 1 aromatic rings. The summed E-state index contributed by atoms with van der Waals surface area (Å²) in [5.74, 6) is -0.434. The van der Waals surface area contributed by atoms with Gasteiger partial charge in [0.1, 0.15) is 28.6 Å². The van der Waals surface area contributed by atoms with Gasteiger partial charge in [0.2, 0.25) is 5.91 Å². The third-order valence-electron chi connectivity index (χ3n) is 2.58. The summed E-state index contributed by atoms with van der Waals surface area (Å²) in [6, 6.07) is 5.37. The Morgan fingerprint density at radius 1 is 1.59 bits per heavy atom. The fourth-order valence-electron chi connectivity index (χ4n) is 1.59. The van der Waals surface area contributed by atoms with Crippen molar-refractivity contribution < 1.29 is 9.32 Å². The molecule has 0 aliphatic carbocycles. The zero-order valence-corrected chi connectivity index (χ0v) is 12.3. The van der Waals surface area contributed by atoms with Gasteiger partial charge in [-0.1, -0.05) is 16.9 Å². The Morgan fingerprint density at radius 2 is 2.36 bits per heavy atom. The summed E-state index contributed by atoms with van der Waals surface area (Å²) in [5, 5.41) is 31.9. The van der Waals surface area contributed by atoms with Crippen LogP contribution in [0.4, 0.5) is 5.82 Å². The van der Waals surface area contributed by atoms with E-state index in [0.717, 1.165) is 11.8 Å². The van der Waals surface area contributed by atoms with E-state index in [1.807, 2.05) is 12.1 Å². The van der Waals surface area contributed by atoms with Gasteiger partial charge in [-0.2, -0.15) is 10.5 Å². The Morgan fingerprint density at radius 3 is 2.95 bits per heavy atom. The Bertz CT molecular complexity index is 764. The lowest BCUT2D eigenvalue weighted by atomic mass is 10.0. The zero-order chi connectivity index (χ0) is 16.1.